The van der Waals surface area contributed by atoms with E-state index in [1.165, 1.54) is 12.3 Å². The number of halogens is 1. The minimum absolute atomic E-state index is 0.0514. The van der Waals surface area contributed by atoms with Crippen molar-refractivity contribution in [1.82, 2.24) is 4.98 Å². The van der Waals surface area contributed by atoms with Crippen molar-refractivity contribution in [1.29, 1.82) is 0 Å². The number of carboxylic acids is 1. The summed E-state index contributed by atoms with van der Waals surface area (Å²) in [6.07, 6.45) is 3.36. The van der Waals surface area contributed by atoms with Crippen LogP contribution in [0.25, 0.3) is 11.1 Å². The molecule has 10 heteroatoms. The van der Waals surface area contributed by atoms with Crippen LogP contribution < -0.4 is 9.47 Å². The molecule has 38 heavy (non-hydrogen) atoms. The van der Waals surface area contributed by atoms with E-state index in [2.05, 4.69) is 4.98 Å². The maximum Gasteiger partial charge on any atom is 0.303 e. The Kier molecular flexibility index (Phi) is 8.62. The molecule has 0 fully saturated rings. The van der Waals surface area contributed by atoms with E-state index in [0.717, 1.165) is 32.7 Å². The van der Waals surface area contributed by atoms with Gasteiger partial charge in [-0.05, 0) is 72.4 Å². The molecular weight excluding hydrogens is 529 g/mol. The molecule has 0 bridgehead atoms. The summed E-state index contributed by atoms with van der Waals surface area (Å²) in [5.74, 6) is 0.591. The Balaban J connectivity index is 1.46. The van der Waals surface area contributed by atoms with Crippen molar-refractivity contribution in [2.45, 2.75) is 44.1 Å². The van der Waals surface area contributed by atoms with Gasteiger partial charge in [0.1, 0.15) is 28.0 Å². The molecule has 1 aliphatic rings. The molecule has 2 aromatic carbocycles. The molecule has 1 aliphatic heterocycles. The molecule has 0 saturated carbocycles. The highest BCUT2D eigenvalue weighted by atomic mass is 32.2. The molecule has 0 unspecified atom stereocenters. The lowest BCUT2D eigenvalue weighted by molar-refractivity contribution is -0.137. The summed E-state index contributed by atoms with van der Waals surface area (Å²) in [6.45, 7) is 4.25. The third kappa shape index (κ3) is 7.05. The minimum Gasteiger partial charge on any atom is -0.494 e. The fourth-order valence-corrected chi connectivity index (χ4v) is 6.44. The number of carbonyl (C=O) groups is 1. The van der Waals surface area contributed by atoms with Gasteiger partial charge in [0.15, 0.2) is 0 Å². The minimum atomic E-state index is -3.03. The van der Waals surface area contributed by atoms with Gasteiger partial charge in [-0.3, -0.25) is 4.79 Å². The third-order valence-electron chi connectivity index (χ3n) is 6.29. The molecule has 2 heterocycles. The van der Waals surface area contributed by atoms with Gasteiger partial charge in [0.25, 0.3) is 0 Å². The number of aliphatic carboxylic acids is 1. The molecule has 1 N–H and O–H groups in total. The average Bonchev–Trinajstić information content (AvgIpc) is 3.22. The maximum atomic E-state index is 14.9. The van der Waals surface area contributed by atoms with Crippen LogP contribution >= 0.6 is 11.8 Å². The van der Waals surface area contributed by atoms with Crippen molar-refractivity contribution in [3.63, 3.8) is 0 Å². The summed E-state index contributed by atoms with van der Waals surface area (Å²) in [7, 11) is -3.03. The first-order valence-electron chi connectivity index (χ1n) is 12.2. The summed E-state index contributed by atoms with van der Waals surface area (Å²) in [6, 6.07) is 10.3. The van der Waals surface area contributed by atoms with Gasteiger partial charge in [0, 0.05) is 40.6 Å². The molecule has 1 aromatic heterocycles. The van der Waals surface area contributed by atoms with E-state index >= 15 is 0 Å². The van der Waals surface area contributed by atoms with Crippen LogP contribution in [-0.4, -0.2) is 48.8 Å². The summed E-state index contributed by atoms with van der Waals surface area (Å²) in [5, 5.41) is 9.10. The zero-order valence-corrected chi connectivity index (χ0v) is 23.1. The summed E-state index contributed by atoms with van der Waals surface area (Å²) in [4.78, 5) is 16.4. The first-order valence-corrected chi connectivity index (χ1v) is 15.2. The number of carboxylic acid groups (broad SMARTS) is 1. The Morgan fingerprint density at radius 1 is 1.16 bits per heavy atom. The van der Waals surface area contributed by atoms with Gasteiger partial charge in [-0.15, -0.1) is 11.8 Å². The molecule has 1 atom stereocenters. The number of aryl methyl sites for hydroxylation is 2. The van der Waals surface area contributed by atoms with Crippen LogP contribution in [0.4, 0.5) is 4.39 Å². The quantitative estimate of drug-likeness (QED) is 0.305. The number of pyridine rings is 1. The number of fused-ring (bicyclic) bond motifs is 1. The van der Waals surface area contributed by atoms with Gasteiger partial charge in [0.05, 0.1) is 18.8 Å². The largest absolute Gasteiger partial charge is 0.494 e. The van der Waals surface area contributed by atoms with Gasteiger partial charge in [-0.25, -0.2) is 17.8 Å². The van der Waals surface area contributed by atoms with Gasteiger partial charge < -0.3 is 14.6 Å². The number of hydrogen-bond donors (Lipinski definition) is 1. The van der Waals surface area contributed by atoms with E-state index in [1.807, 2.05) is 32.0 Å². The van der Waals surface area contributed by atoms with E-state index in [0.29, 0.717) is 29.4 Å². The van der Waals surface area contributed by atoms with Crippen molar-refractivity contribution in [3.8, 4) is 22.8 Å². The first-order chi connectivity index (χ1) is 18.0. The zero-order chi connectivity index (χ0) is 27.4. The fraction of sp³-hybridized carbons (Fsp3) is 0.357. The van der Waals surface area contributed by atoms with E-state index < -0.39 is 15.8 Å². The molecule has 3 aromatic rings. The Bertz CT molecular complexity index is 1430. The summed E-state index contributed by atoms with van der Waals surface area (Å²) < 4.78 is 49.2. The molecule has 0 amide bonds. The van der Waals surface area contributed by atoms with Crippen molar-refractivity contribution < 1.29 is 32.2 Å². The highest BCUT2D eigenvalue weighted by Crippen LogP contribution is 2.42. The number of thioether (sulfide) groups is 1. The SMILES string of the molecule is Cc1cc(OCCCS(C)(=O)=O)cc(C)c1-c1cc(COc2cc3c(cn2)[C@H](CC(=O)O)CS3)ccc1F. The second kappa shape index (κ2) is 11.7. The Morgan fingerprint density at radius 2 is 1.89 bits per heavy atom. The lowest BCUT2D eigenvalue weighted by Crippen LogP contribution is -2.08. The number of rotatable bonds is 11. The Hall–Kier alpha value is -3.11. The van der Waals surface area contributed by atoms with Crippen LogP contribution in [0.5, 0.6) is 11.6 Å². The highest BCUT2D eigenvalue weighted by molar-refractivity contribution is 7.99. The number of aromatic nitrogens is 1. The van der Waals surface area contributed by atoms with Crippen LogP contribution in [-0.2, 0) is 21.2 Å². The van der Waals surface area contributed by atoms with Gasteiger partial charge >= 0.3 is 5.97 Å². The van der Waals surface area contributed by atoms with Crippen LogP contribution in [0.1, 0.15) is 41.0 Å². The number of nitrogens with zero attached hydrogens (tertiary/aromatic N) is 1. The number of sulfone groups is 1. The van der Waals surface area contributed by atoms with Crippen molar-refractivity contribution in [2.75, 3.05) is 24.4 Å². The monoisotopic (exact) mass is 559 g/mol. The van der Waals surface area contributed by atoms with Crippen LogP contribution in [0.15, 0.2) is 47.5 Å². The number of hydrogen-bond acceptors (Lipinski definition) is 7. The Labute approximate surface area is 226 Å². The lowest BCUT2D eigenvalue weighted by atomic mass is 9.94. The predicted octanol–water partition coefficient (Wildman–Crippen LogP) is 5.56. The van der Waals surface area contributed by atoms with Crippen LogP contribution in [0.2, 0.25) is 0 Å². The number of ether oxygens (including phenoxy) is 2. The molecule has 0 aliphatic carbocycles. The molecule has 0 radical (unpaired) electrons. The van der Waals surface area contributed by atoms with Gasteiger partial charge in [-0.2, -0.15) is 0 Å². The topological polar surface area (TPSA) is 103 Å². The van der Waals surface area contributed by atoms with Crippen molar-refractivity contribution >= 4 is 27.6 Å². The maximum absolute atomic E-state index is 14.9. The van der Waals surface area contributed by atoms with Gasteiger partial charge in [0.2, 0.25) is 5.88 Å². The standard InChI is InChI=1S/C28H30FNO6S2/c1-17-9-21(35-7-4-8-38(3,33)34)10-18(2)28(17)22-11-19(5-6-24(22)29)15-36-26-13-25-23(14-30-26)20(16-37-25)12-27(31)32/h5-6,9-11,13-14,20H,4,7-8,12,15-16H2,1-3H3,(H,31,32)/t20-/m1/s1. The summed E-state index contributed by atoms with van der Waals surface area (Å²) in [5.41, 5.74) is 4.62. The van der Waals surface area contributed by atoms with E-state index in [9.17, 15) is 17.6 Å². The summed E-state index contributed by atoms with van der Waals surface area (Å²) >= 11 is 1.60. The van der Waals surface area contributed by atoms with Crippen LogP contribution in [0.3, 0.4) is 0 Å². The van der Waals surface area contributed by atoms with Crippen LogP contribution in [0, 0.1) is 19.7 Å². The second-order valence-corrected chi connectivity index (χ2v) is 12.9. The lowest BCUT2D eigenvalue weighted by Gasteiger charge is -2.16. The van der Waals surface area contributed by atoms with Crippen molar-refractivity contribution in [3.05, 3.63) is 70.7 Å². The molecular formula is C28H30FNO6S2. The van der Waals surface area contributed by atoms with E-state index in [-0.39, 0.29) is 37.1 Å². The van der Waals surface area contributed by atoms with Gasteiger partial charge in [-0.1, -0.05) is 6.07 Å². The first kappa shape index (κ1) is 27.9. The molecule has 7 nitrogen and oxygen atoms in total. The normalized spacial score (nSPS) is 14.8. The molecule has 4 rings (SSSR count). The Morgan fingerprint density at radius 3 is 2.58 bits per heavy atom. The zero-order valence-electron chi connectivity index (χ0n) is 21.5. The highest BCUT2D eigenvalue weighted by Gasteiger charge is 2.26. The molecule has 0 spiro atoms. The number of benzene rings is 2. The van der Waals surface area contributed by atoms with E-state index in [1.54, 1.807) is 30.1 Å². The van der Waals surface area contributed by atoms with Crippen molar-refractivity contribution in [2.24, 2.45) is 0 Å². The fourth-order valence-electron chi connectivity index (χ4n) is 4.55. The molecule has 0 saturated heterocycles. The molecule has 202 valence electrons. The second-order valence-electron chi connectivity index (χ2n) is 9.53. The third-order valence-corrected chi connectivity index (χ3v) is 8.56. The van der Waals surface area contributed by atoms with E-state index in [4.69, 9.17) is 14.6 Å². The smallest absolute Gasteiger partial charge is 0.303 e. The predicted molar refractivity (Wildman–Crippen MR) is 145 cm³/mol. The average molecular weight is 560 g/mol.